The van der Waals surface area contributed by atoms with Gasteiger partial charge in [-0.1, -0.05) is 49.7 Å². The maximum atomic E-state index is 13.6. The summed E-state index contributed by atoms with van der Waals surface area (Å²) >= 11 is 6.06. The van der Waals surface area contributed by atoms with Crippen molar-refractivity contribution < 1.29 is 24.2 Å². The van der Waals surface area contributed by atoms with Gasteiger partial charge in [-0.25, -0.2) is 0 Å². The van der Waals surface area contributed by atoms with Crippen molar-refractivity contribution in [3.8, 4) is 11.5 Å². The van der Waals surface area contributed by atoms with Crippen LogP contribution in [0.15, 0.2) is 48.5 Å². The number of carbonyl (C=O) groups excluding carboxylic acids is 2. The van der Waals surface area contributed by atoms with E-state index in [1.165, 1.54) is 4.90 Å². The summed E-state index contributed by atoms with van der Waals surface area (Å²) in [5, 5.41) is 12.9. The maximum absolute atomic E-state index is 13.6. The lowest BCUT2D eigenvalue weighted by Crippen LogP contribution is -2.51. The number of nitrogens with zero attached hydrogens (tertiary/aromatic N) is 1. The van der Waals surface area contributed by atoms with Crippen LogP contribution in [0.1, 0.15) is 38.3 Å². The van der Waals surface area contributed by atoms with Gasteiger partial charge in [0.05, 0.1) is 0 Å². The minimum absolute atomic E-state index is 0.0355. The molecule has 2 aromatic carbocycles. The van der Waals surface area contributed by atoms with E-state index in [-0.39, 0.29) is 31.6 Å². The van der Waals surface area contributed by atoms with Crippen LogP contribution in [0.2, 0.25) is 5.02 Å². The third kappa shape index (κ3) is 6.62. The molecule has 3 rings (SSSR count). The molecule has 0 saturated carbocycles. The molecular weight excluding hydrogens is 444 g/mol. The average Bonchev–Trinajstić information content (AvgIpc) is 2.81. The minimum Gasteiger partial charge on any atom is -0.485 e. The van der Waals surface area contributed by atoms with Crippen LogP contribution >= 0.6 is 11.6 Å². The molecule has 7 nitrogen and oxygen atoms in total. The van der Waals surface area contributed by atoms with E-state index in [0.717, 1.165) is 6.42 Å². The second-order valence-corrected chi connectivity index (χ2v) is 8.84. The predicted molar refractivity (Wildman–Crippen MR) is 126 cm³/mol. The molecule has 2 amide bonds. The Morgan fingerprint density at radius 3 is 2.52 bits per heavy atom. The summed E-state index contributed by atoms with van der Waals surface area (Å²) in [6.07, 6.45) is 0.232. The molecule has 1 aliphatic rings. The van der Waals surface area contributed by atoms with Crippen molar-refractivity contribution in [2.75, 3.05) is 26.3 Å². The van der Waals surface area contributed by atoms with Crippen molar-refractivity contribution in [3.05, 3.63) is 59.1 Å². The number of rotatable bonds is 10. The van der Waals surface area contributed by atoms with Crippen molar-refractivity contribution in [3.63, 3.8) is 0 Å². The fourth-order valence-corrected chi connectivity index (χ4v) is 3.76. The van der Waals surface area contributed by atoms with Gasteiger partial charge in [-0.15, -0.1) is 0 Å². The van der Waals surface area contributed by atoms with Crippen LogP contribution in [0.5, 0.6) is 11.5 Å². The van der Waals surface area contributed by atoms with Gasteiger partial charge < -0.3 is 24.8 Å². The summed E-state index contributed by atoms with van der Waals surface area (Å²) in [5.41, 5.74) is 0.630. The average molecular weight is 475 g/mol. The highest BCUT2D eigenvalue weighted by Crippen LogP contribution is 2.32. The standard InChI is InChI=1S/C25H31ClN2O5/c1-17(2)12-13-27-24(30)23(18-8-10-19(26)11-9-18)28(14-5-15-29)25(31)22-16-32-20-6-3-4-7-21(20)33-22/h3-4,6-11,17,22-23,29H,5,12-16H2,1-2H3,(H,27,30)/t22-,23+/m1/s1. The van der Waals surface area contributed by atoms with Gasteiger partial charge in [0.25, 0.3) is 5.91 Å². The number of benzene rings is 2. The summed E-state index contributed by atoms with van der Waals surface area (Å²) < 4.78 is 11.6. The molecule has 178 valence electrons. The third-order valence-corrected chi connectivity index (χ3v) is 5.64. The van der Waals surface area contributed by atoms with E-state index < -0.39 is 12.1 Å². The monoisotopic (exact) mass is 474 g/mol. The molecule has 2 atom stereocenters. The summed E-state index contributed by atoms with van der Waals surface area (Å²) in [6.45, 7) is 4.77. The van der Waals surface area contributed by atoms with Crippen LogP contribution in [-0.4, -0.2) is 54.2 Å². The highest BCUT2D eigenvalue weighted by atomic mass is 35.5. The molecule has 0 fully saturated rings. The van der Waals surface area contributed by atoms with Crippen LogP contribution in [0.25, 0.3) is 0 Å². The predicted octanol–water partition coefficient (Wildman–Crippen LogP) is 3.59. The number of carbonyl (C=O) groups is 2. The van der Waals surface area contributed by atoms with Crippen molar-refractivity contribution in [1.82, 2.24) is 10.2 Å². The first-order valence-electron chi connectivity index (χ1n) is 11.2. The summed E-state index contributed by atoms with van der Waals surface area (Å²) in [4.78, 5) is 28.4. The molecule has 0 bridgehead atoms. The number of hydrogen-bond acceptors (Lipinski definition) is 5. The Kier molecular flexibility index (Phi) is 8.97. The van der Waals surface area contributed by atoms with E-state index in [0.29, 0.717) is 41.0 Å². The third-order valence-electron chi connectivity index (χ3n) is 5.39. The lowest BCUT2D eigenvalue weighted by atomic mass is 10.0. The lowest BCUT2D eigenvalue weighted by molar-refractivity contribution is -0.148. The molecule has 1 aliphatic heterocycles. The minimum atomic E-state index is -0.906. The van der Waals surface area contributed by atoms with Crippen molar-refractivity contribution in [2.45, 2.75) is 38.8 Å². The van der Waals surface area contributed by atoms with Crippen molar-refractivity contribution in [1.29, 1.82) is 0 Å². The number of halogens is 1. The SMILES string of the molecule is CC(C)CCNC(=O)[C@H](c1ccc(Cl)cc1)N(CCCO)C(=O)[C@H]1COc2ccccc2O1. The van der Waals surface area contributed by atoms with Gasteiger partial charge in [0.1, 0.15) is 12.6 Å². The molecule has 2 N–H and O–H groups in total. The zero-order chi connectivity index (χ0) is 23.8. The zero-order valence-electron chi connectivity index (χ0n) is 19.0. The first-order chi connectivity index (χ1) is 15.9. The molecule has 0 aromatic heterocycles. The molecule has 8 heteroatoms. The Morgan fingerprint density at radius 1 is 1.15 bits per heavy atom. The van der Waals surface area contributed by atoms with Crippen LogP contribution in [0.3, 0.4) is 0 Å². The highest BCUT2D eigenvalue weighted by molar-refractivity contribution is 6.30. The van der Waals surface area contributed by atoms with Gasteiger partial charge in [-0.2, -0.15) is 0 Å². The fourth-order valence-electron chi connectivity index (χ4n) is 3.63. The van der Waals surface area contributed by atoms with E-state index in [9.17, 15) is 14.7 Å². The molecule has 2 aromatic rings. The first kappa shape index (κ1) is 24.9. The van der Waals surface area contributed by atoms with Crippen molar-refractivity contribution in [2.24, 2.45) is 5.92 Å². The highest BCUT2D eigenvalue weighted by Gasteiger charge is 2.37. The Balaban J connectivity index is 1.88. The second kappa shape index (κ2) is 11.9. The van der Waals surface area contributed by atoms with Gasteiger partial charge in [0.15, 0.2) is 11.5 Å². The van der Waals surface area contributed by atoms with E-state index >= 15 is 0 Å². The molecule has 1 heterocycles. The van der Waals surface area contributed by atoms with E-state index in [4.69, 9.17) is 21.1 Å². The molecule has 0 saturated heterocycles. The largest absolute Gasteiger partial charge is 0.485 e. The van der Waals surface area contributed by atoms with Gasteiger partial charge >= 0.3 is 0 Å². The molecule has 0 unspecified atom stereocenters. The molecule has 0 aliphatic carbocycles. The van der Waals surface area contributed by atoms with Crippen molar-refractivity contribution >= 4 is 23.4 Å². The molecule has 33 heavy (non-hydrogen) atoms. The number of aliphatic hydroxyl groups excluding tert-OH is 1. The van der Waals surface area contributed by atoms with Gasteiger partial charge in [-0.05, 0) is 48.6 Å². The number of amides is 2. The Bertz CT molecular complexity index is 935. The second-order valence-electron chi connectivity index (χ2n) is 8.40. The first-order valence-corrected chi connectivity index (χ1v) is 11.6. The van der Waals surface area contributed by atoms with Crippen LogP contribution < -0.4 is 14.8 Å². The van der Waals surface area contributed by atoms with Crippen LogP contribution in [0.4, 0.5) is 0 Å². The van der Waals surface area contributed by atoms with E-state index in [1.54, 1.807) is 42.5 Å². The number of ether oxygens (including phenoxy) is 2. The van der Waals surface area contributed by atoms with Crippen LogP contribution in [-0.2, 0) is 9.59 Å². The summed E-state index contributed by atoms with van der Waals surface area (Å²) in [5.74, 6) is 0.815. The van der Waals surface area contributed by atoms with Crippen LogP contribution in [0, 0.1) is 5.92 Å². The zero-order valence-corrected chi connectivity index (χ0v) is 19.8. The quantitative estimate of drug-likeness (QED) is 0.549. The number of fused-ring (bicyclic) bond motifs is 1. The summed E-state index contributed by atoms with van der Waals surface area (Å²) in [7, 11) is 0. The smallest absolute Gasteiger partial charge is 0.268 e. The fraction of sp³-hybridized carbons (Fsp3) is 0.440. The Labute approximate surface area is 199 Å². The number of aliphatic hydroxyl groups is 1. The maximum Gasteiger partial charge on any atom is 0.268 e. The van der Waals surface area contributed by atoms with E-state index in [2.05, 4.69) is 19.2 Å². The molecular formula is C25H31ClN2O5. The molecule has 0 radical (unpaired) electrons. The van der Waals surface area contributed by atoms with E-state index in [1.807, 2.05) is 6.07 Å². The topological polar surface area (TPSA) is 88.1 Å². The van der Waals surface area contributed by atoms with Gasteiger partial charge in [0, 0.05) is 24.7 Å². The summed E-state index contributed by atoms with van der Waals surface area (Å²) in [6, 6.07) is 13.1. The number of nitrogens with one attached hydrogen (secondary N) is 1. The Morgan fingerprint density at radius 2 is 1.85 bits per heavy atom. The van der Waals surface area contributed by atoms with Gasteiger partial charge in [0.2, 0.25) is 12.0 Å². The van der Waals surface area contributed by atoms with Gasteiger partial charge in [-0.3, -0.25) is 9.59 Å². The lowest BCUT2D eigenvalue weighted by Gasteiger charge is -2.35. The Hall–Kier alpha value is -2.77. The number of para-hydroxylation sites is 2. The number of hydrogen-bond donors (Lipinski definition) is 2. The normalized spacial score (nSPS) is 15.7. The molecule has 0 spiro atoms.